The second-order valence-corrected chi connectivity index (χ2v) is 11.7. The topological polar surface area (TPSA) is 148 Å². The molecule has 0 amide bonds. The highest BCUT2D eigenvalue weighted by Crippen LogP contribution is 2.17. The highest BCUT2D eigenvalue weighted by molar-refractivity contribution is 5.75. The van der Waals surface area contributed by atoms with Crippen molar-refractivity contribution in [3.05, 3.63) is 12.5 Å². The molecule has 1 unspecified atom stereocenters. The van der Waals surface area contributed by atoms with Crippen LogP contribution >= 0.6 is 0 Å². The lowest BCUT2D eigenvalue weighted by molar-refractivity contribution is -0.149. The second-order valence-electron chi connectivity index (χ2n) is 11.7. The third kappa shape index (κ3) is 13.9. The SMILES string of the molecule is CCCCCCCCCCCCCCCC(=O)OC[C@H](CCOC(=O)[C@@H](N)C(C)CC)Cn1cnc2cnc(N)nc21. The average Bonchev–Trinajstić information content (AvgIpc) is 3.38. The summed E-state index contributed by atoms with van der Waals surface area (Å²) in [4.78, 5) is 37.5. The summed E-state index contributed by atoms with van der Waals surface area (Å²) in [5.74, 6) is -0.501. The maximum atomic E-state index is 12.5. The number of ether oxygens (including phenoxy) is 2. The lowest BCUT2D eigenvalue weighted by Crippen LogP contribution is -2.38. The lowest BCUT2D eigenvalue weighted by Gasteiger charge is -2.20. The van der Waals surface area contributed by atoms with Crippen molar-refractivity contribution in [2.45, 2.75) is 136 Å². The van der Waals surface area contributed by atoms with E-state index in [0.29, 0.717) is 30.6 Å². The molecule has 0 spiro atoms. The minimum Gasteiger partial charge on any atom is -0.465 e. The van der Waals surface area contributed by atoms with Crippen molar-refractivity contribution >= 4 is 29.1 Å². The summed E-state index contributed by atoms with van der Waals surface area (Å²) in [6, 6.07) is -0.649. The number of nitrogens with zero attached hydrogens (tertiary/aromatic N) is 4. The number of imidazole rings is 1. The molecule has 0 saturated carbocycles. The van der Waals surface area contributed by atoms with Gasteiger partial charge >= 0.3 is 11.9 Å². The van der Waals surface area contributed by atoms with E-state index in [9.17, 15) is 9.59 Å². The van der Waals surface area contributed by atoms with Gasteiger partial charge in [-0.3, -0.25) is 9.59 Å². The van der Waals surface area contributed by atoms with Crippen molar-refractivity contribution in [3.8, 4) is 0 Å². The molecule has 0 aliphatic rings. The monoisotopic (exact) mass is 588 g/mol. The van der Waals surface area contributed by atoms with Gasteiger partial charge in [0.1, 0.15) is 11.6 Å². The number of hydrogen-bond acceptors (Lipinski definition) is 9. The van der Waals surface area contributed by atoms with Crippen LogP contribution in [0.4, 0.5) is 5.95 Å². The van der Waals surface area contributed by atoms with Crippen molar-refractivity contribution in [3.63, 3.8) is 0 Å². The third-order valence-electron chi connectivity index (χ3n) is 8.10. The van der Waals surface area contributed by atoms with Crippen LogP contribution in [-0.2, 0) is 25.6 Å². The molecule has 0 fully saturated rings. The van der Waals surface area contributed by atoms with E-state index in [-0.39, 0.29) is 37.0 Å². The quantitative estimate of drug-likeness (QED) is 0.106. The molecule has 10 heteroatoms. The third-order valence-corrected chi connectivity index (χ3v) is 8.10. The molecule has 0 saturated heterocycles. The number of carbonyl (C=O) groups is 2. The van der Waals surface area contributed by atoms with Crippen molar-refractivity contribution < 1.29 is 19.1 Å². The Kier molecular flexibility index (Phi) is 17.7. The number of nitrogen functional groups attached to an aromatic ring is 1. The molecule has 0 aliphatic carbocycles. The number of esters is 2. The Morgan fingerprint density at radius 3 is 2.14 bits per heavy atom. The van der Waals surface area contributed by atoms with E-state index in [4.69, 9.17) is 20.9 Å². The number of unbranched alkanes of at least 4 members (excludes halogenated alkanes) is 12. The fraction of sp³-hybridized carbons (Fsp3) is 0.781. The second kappa shape index (κ2) is 21.0. The van der Waals surface area contributed by atoms with Gasteiger partial charge < -0.3 is 25.5 Å². The Morgan fingerprint density at radius 2 is 1.52 bits per heavy atom. The van der Waals surface area contributed by atoms with Gasteiger partial charge in [0.05, 0.1) is 25.7 Å². The largest absolute Gasteiger partial charge is 0.465 e. The molecule has 2 rings (SSSR count). The van der Waals surface area contributed by atoms with Gasteiger partial charge in [0.2, 0.25) is 5.95 Å². The van der Waals surface area contributed by atoms with E-state index in [0.717, 1.165) is 25.7 Å². The Morgan fingerprint density at radius 1 is 0.905 bits per heavy atom. The Balaban J connectivity index is 1.72. The fourth-order valence-electron chi connectivity index (χ4n) is 4.99. The van der Waals surface area contributed by atoms with Gasteiger partial charge in [-0.05, 0) is 18.8 Å². The molecule has 0 aliphatic heterocycles. The lowest BCUT2D eigenvalue weighted by atomic mass is 10.0. The van der Waals surface area contributed by atoms with Crippen LogP contribution in [0.1, 0.15) is 124 Å². The summed E-state index contributed by atoms with van der Waals surface area (Å²) >= 11 is 0. The minimum atomic E-state index is -0.649. The van der Waals surface area contributed by atoms with Crippen LogP contribution in [-0.4, -0.2) is 50.7 Å². The number of carbonyl (C=O) groups excluding carboxylic acids is 2. The number of nitrogens with two attached hydrogens (primary N) is 2. The van der Waals surface area contributed by atoms with Gasteiger partial charge in [0, 0.05) is 18.9 Å². The molecule has 0 radical (unpaired) electrons. The molecule has 2 aromatic rings. The average molecular weight is 589 g/mol. The summed E-state index contributed by atoms with van der Waals surface area (Å²) in [5, 5.41) is 0. The Bertz CT molecular complexity index is 1030. The first-order valence-corrected chi connectivity index (χ1v) is 16.4. The Hall–Kier alpha value is -2.75. The number of aromatic nitrogens is 4. The van der Waals surface area contributed by atoms with E-state index >= 15 is 0 Å². The highest BCUT2D eigenvalue weighted by atomic mass is 16.5. The van der Waals surface area contributed by atoms with E-state index < -0.39 is 12.0 Å². The molecule has 10 nitrogen and oxygen atoms in total. The standard InChI is InChI=1S/C32H56N6O4/c1-4-6-7-8-9-10-11-12-13-14-15-16-17-18-28(39)42-23-26(19-20-41-31(40)29(33)25(3)5-2)22-38-24-36-27-21-35-32(34)37-30(27)38/h21,24-26,29H,4-20,22-23,33H2,1-3H3,(H2,34,35,37)/t25?,26-,29+/m1/s1. The summed E-state index contributed by atoms with van der Waals surface area (Å²) < 4.78 is 13.0. The summed E-state index contributed by atoms with van der Waals surface area (Å²) in [6.07, 6.45) is 21.4. The fourth-order valence-corrected chi connectivity index (χ4v) is 4.99. The number of fused-ring (bicyclic) bond motifs is 1. The highest BCUT2D eigenvalue weighted by Gasteiger charge is 2.22. The van der Waals surface area contributed by atoms with Crippen LogP contribution in [0.5, 0.6) is 0 Å². The van der Waals surface area contributed by atoms with Crippen LogP contribution in [0, 0.1) is 11.8 Å². The molecule has 0 aromatic carbocycles. The van der Waals surface area contributed by atoms with Gasteiger partial charge in [-0.15, -0.1) is 0 Å². The van der Waals surface area contributed by atoms with Crippen LogP contribution in [0.15, 0.2) is 12.5 Å². The molecule has 42 heavy (non-hydrogen) atoms. The number of hydrogen-bond donors (Lipinski definition) is 2. The van der Waals surface area contributed by atoms with Crippen LogP contribution < -0.4 is 11.5 Å². The van der Waals surface area contributed by atoms with E-state index in [2.05, 4.69) is 21.9 Å². The molecule has 2 heterocycles. The molecule has 2 aromatic heterocycles. The molecule has 238 valence electrons. The minimum absolute atomic E-state index is 0.0433. The maximum Gasteiger partial charge on any atom is 0.323 e. The molecular formula is C32H56N6O4. The van der Waals surface area contributed by atoms with E-state index in [1.54, 1.807) is 12.5 Å². The van der Waals surface area contributed by atoms with Crippen LogP contribution in [0.25, 0.3) is 11.2 Å². The predicted octanol–water partition coefficient (Wildman–Crippen LogP) is 6.36. The molecule has 0 bridgehead atoms. The van der Waals surface area contributed by atoms with Gasteiger partial charge in [0.15, 0.2) is 5.65 Å². The summed E-state index contributed by atoms with van der Waals surface area (Å²) in [7, 11) is 0. The number of anilines is 1. The Labute approximate surface area is 252 Å². The zero-order valence-electron chi connectivity index (χ0n) is 26.4. The normalized spacial score (nSPS) is 13.6. The summed E-state index contributed by atoms with van der Waals surface area (Å²) in [6.45, 7) is 7.07. The molecule has 4 N–H and O–H groups in total. The first-order valence-electron chi connectivity index (χ1n) is 16.4. The zero-order chi connectivity index (χ0) is 30.6. The first-order chi connectivity index (χ1) is 20.3. The van der Waals surface area contributed by atoms with Crippen molar-refractivity contribution in [2.24, 2.45) is 17.6 Å². The predicted molar refractivity (Wildman–Crippen MR) is 168 cm³/mol. The van der Waals surface area contributed by atoms with Crippen LogP contribution in [0.3, 0.4) is 0 Å². The number of rotatable bonds is 24. The molecular weight excluding hydrogens is 532 g/mol. The van der Waals surface area contributed by atoms with Crippen molar-refractivity contribution in [1.29, 1.82) is 0 Å². The van der Waals surface area contributed by atoms with E-state index in [1.807, 2.05) is 18.4 Å². The van der Waals surface area contributed by atoms with Crippen molar-refractivity contribution in [2.75, 3.05) is 18.9 Å². The zero-order valence-corrected chi connectivity index (χ0v) is 26.4. The van der Waals surface area contributed by atoms with Gasteiger partial charge in [-0.2, -0.15) is 4.98 Å². The van der Waals surface area contributed by atoms with Gasteiger partial charge in [-0.25, -0.2) is 9.97 Å². The van der Waals surface area contributed by atoms with Gasteiger partial charge in [-0.1, -0.05) is 104 Å². The van der Waals surface area contributed by atoms with Crippen molar-refractivity contribution in [1.82, 2.24) is 19.5 Å². The smallest absolute Gasteiger partial charge is 0.323 e. The first kappa shape index (κ1) is 35.4. The van der Waals surface area contributed by atoms with Crippen LogP contribution in [0.2, 0.25) is 0 Å². The van der Waals surface area contributed by atoms with Gasteiger partial charge in [0.25, 0.3) is 0 Å². The van der Waals surface area contributed by atoms with E-state index in [1.165, 1.54) is 64.2 Å². The summed E-state index contributed by atoms with van der Waals surface area (Å²) in [5.41, 5.74) is 13.0. The maximum absolute atomic E-state index is 12.5. The molecule has 3 atom stereocenters.